The van der Waals surface area contributed by atoms with E-state index in [9.17, 15) is 13.0 Å². The maximum absolute atomic E-state index is 13.3. The van der Waals surface area contributed by atoms with Crippen molar-refractivity contribution in [3.8, 4) is 0 Å². The van der Waals surface area contributed by atoms with Gasteiger partial charge in [0.2, 0.25) is 0 Å². The minimum Gasteiger partial charge on any atom is -0.241 e. The van der Waals surface area contributed by atoms with Gasteiger partial charge in [0.15, 0.2) is 0 Å². The molecule has 0 aliphatic carbocycles. The van der Waals surface area contributed by atoms with Crippen molar-refractivity contribution in [1.82, 2.24) is 4.98 Å². The van der Waals surface area contributed by atoms with Crippen LogP contribution in [-0.4, -0.2) is 26.3 Å². The van der Waals surface area contributed by atoms with E-state index in [0.29, 0.717) is 11.2 Å². The summed E-state index contributed by atoms with van der Waals surface area (Å²) in [5.41, 5.74) is 0.993. The number of anilines is 1. The molecule has 11 heteroatoms. The van der Waals surface area contributed by atoms with Crippen molar-refractivity contribution in [1.29, 1.82) is 0 Å². The lowest BCUT2D eigenvalue weighted by molar-refractivity contribution is 0.351. The quantitative estimate of drug-likeness (QED) is 0.399. The van der Waals surface area contributed by atoms with E-state index in [-0.39, 0.29) is 27.8 Å². The number of nitrogens with zero attached hydrogens (tertiary/aromatic N) is 2. The molecule has 0 spiro atoms. The Balaban J connectivity index is 2.12. The van der Waals surface area contributed by atoms with E-state index in [1.165, 1.54) is 29.5 Å². The summed E-state index contributed by atoms with van der Waals surface area (Å²) in [7, 11) is -6.34. The number of aromatic nitrogens is 1. The highest BCUT2D eigenvalue weighted by Gasteiger charge is 2.34. The van der Waals surface area contributed by atoms with Gasteiger partial charge in [-0.2, -0.15) is 0 Å². The number of rotatable bonds is 7. The lowest BCUT2D eigenvalue weighted by Crippen LogP contribution is -2.31. The van der Waals surface area contributed by atoms with Crippen LogP contribution in [0.1, 0.15) is 11.9 Å². The minimum atomic E-state index is -4.10. The van der Waals surface area contributed by atoms with Crippen molar-refractivity contribution in [2.24, 2.45) is 0 Å². The van der Waals surface area contributed by atoms with Crippen LogP contribution in [0.4, 0.5) is 5.69 Å². The normalized spacial score (nSPS) is 12.4. The maximum atomic E-state index is 13.3. The minimum absolute atomic E-state index is 0.0977. The fourth-order valence-corrected chi connectivity index (χ4v) is 6.87. The number of aryl methyl sites for hydroxylation is 1. The average Bonchev–Trinajstić information content (AvgIpc) is 2.98. The number of sulfonamides is 1. The second-order valence-corrected chi connectivity index (χ2v) is 10.9. The van der Waals surface area contributed by atoms with E-state index in [1.807, 2.05) is 6.92 Å². The summed E-state index contributed by atoms with van der Waals surface area (Å²) in [6, 6.07) is 9.13. The van der Waals surface area contributed by atoms with Crippen molar-refractivity contribution in [3.63, 3.8) is 0 Å². The van der Waals surface area contributed by atoms with Crippen molar-refractivity contribution >= 4 is 68.5 Å². The number of hydrogen-bond acceptors (Lipinski definition) is 6. The van der Waals surface area contributed by atoms with Crippen molar-refractivity contribution in [2.45, 2.75) is 18.7 Å². The van der Waals surface area contributed by atoms with E-state index in [1.54, 1.807) is 25.1 Å². The van der Waals surface area contributed by atoms with Crippen LogP contribution in [0, 0.1) is 6.92 Å². The summed E-state index contributed by atoms with van der Waals surface area (Å²) in [5, 5.41) is 1.24. The third-order valence-corrected chi connectivity index (χ3v) is 8.10. The van der Waals surface area contributed by atoms with Gasteiger partial charge >= 0.3 is 8.03 Å². The molecule has 0 bridgehead atoms. The van der Waals surface area contributed by atoms with Gasteiger partial charge in [-0.25, -0.2) is 17.7 Å². The number of benzene rings is 2. The van der Waals surface area contributed by atoms with Gasteiger partial charge in [0.1, 0.15) is 0 Å². The fraction of sp³-hybridized carbons (Fsp3) is 0.235. The van der Waals surface area contributed by atoms with Crippen LogP contribution < -0.4 is 4.31 Å². The lowest BCUT2D eigenvalue weighted by atomic mass is 10.3. The third kappa shape index (κ3) is 4.64. The van der Waals surface area contributed by atoms with E-state index in [2.05, 4.69) is 4.98 Å². The Morgan fingerprint density at radius 2 is 1.86 bits per heavy atom. The van der Waals surface area contributed by atoms with Gasteiger partial charge in [0.25, 0.3) is 16.3 Å². The molecule has 1 atom stereocenters. The van der Waals surface area contributed by atoms with Crippen LogP contribution in [0.15, 0.2) is 41.3 Å². The molecule has 3 aromatic rings. The van der Waals surface area contributed by atoms with E-state index >= 15 is 0 Å². The van der Waals surface area contributed by atoms with E-state index in [0.717, 1.165) is 14.0 Å². The van der Waals surface area contributed by atoms with Gasteiger partial charge in [-0.1, -0.05) is 23.2 Å². The summed E-state index contributed by atoms with van der Waals surface area (Å²) in [6.07, 6.45) is -0.343. The Morgan fingerprint density at radius 1 is 1.18 bits per heavy atom. The zero-order valence-corrected chi connectivity index (χ0v) is 19.0. The molecule has 0 N–H and O–H groups in total. The molecule has 0 radical (unpaired) electrons. The van der Waals surface area contributed by atoms with Crippen molar-refractivity contribution in [3.05, 3.63) is 51.5 Å². The molecule has 148 valence electrons. The van der Waals surface area contributed by atoms with Gasteiger partial charge in [-0.05, 0) is 54.8 Å². The third-order valence-electron chi connectivity index (χ3n) is 3.71. The molecule has 1 unspecified atom stereocenters. The highest BCUT2D eigenvalue weighted by Crippen LogP contribution is 2.35. The van der Waals surface area contributed by atoms with Crippen LogP contribution in [0.25, 0.3) is 10.2 Å². The molecule has 6 nitrogen and oxygen atoms in total. The van der Waals surface area contributed by atoms with E-state index < -0.39 is 18.1 Å². The molecule has 3 rings (SSSR count). The Morgan fingerprint density at radius 3 is 2.50 bits per heavy atom. The average molecular weight is 478 g/mol. The highest BCUT2D eigenvalue weighted by molar-refractivity contribution is 7.93. The van der Waals surface area contributed by atoms with Gasteiger partial charge < -0.3 is 0 Å². The van der Waals surface area contributed by atoms with Crippen LogP contribution >= 0.6 is 42.6 Å². The zero-order chi connectivity index (χ0) is 20.5. The Bertz CT molecular complexity index is 1130. The van der Waals surface area contributed by atoms with Gasteiger partial charge in [-0.15, -0.1) is 15.9 Å². The molecule has 1 aromatic heterocycles. The SMILES string of the molecule is CCO[P+](=O)CN(c1ccc2sc(C)nc2c1)S(=O)(=O)c1cc(Cl)cc(Cl)c1. The second kappa shape index (κ2) is 8.61. The Labute approximate surface area is 178 Å². The standard InChI is InChI=1S/C17H16Cl2N2O4PS2/c1-3-25-26(22)10-21(14-4-5-17-16(9-14)20-11(2)27-17)28(23,24)15-7-12(18)6-13(19)8-15/h4-9H,3,10H2,1-2H3/q+1. The van der Waals surface area contributed by atoms with Crippen LogP contribution in [0.3, 0.4) is 0 Å². The summed E-state index contributed by atoms with van der Waals surface area (Å²) in [6.45, 7) is 3.77. The molecule has 2 aromatic carbocycles. The zero-order valence-electron chi connectivity index (χ0n) is 14.9. The number of thiazole rings is 1. The van der Waals surface area contributed by atoms with Gasteiger partial charge in [-0.3, -0.25) is 0 Å². The topological polar surface area (TPSA) is 76.6 Å². The fourth-order valence-electron chi connectivity index (χ4n) is 2.58. The summed E-state index contributed by atoms with van der Waals surface area (Å²) in [5.74, 6) is 0. The monoisotopic (exact) mass is 477 g/mol. The molecule has 28 heavy (non-hydrogen) atoms. The summed E-state index contributed by atoms with van der Waals surface area (Å²) >= 11 is 13.5. The molecule has 0 fully saturated rings. The summed E-state index contributed by atoms with van der Waals surface area (Å²) in [4.78, 5) is 4.31. The first-order valence-corrected chi connectivity index (χ1v) is 12.5. The molecular weight excluding hydrogens is 462 g/mol. The Hall–Kier alpha value is -1.28. The first-order valence-electron chi connectivity index (χ1n) is 8.14. The second-order valence-electron chi connectivity index (χ2n) is 5.74. The first kappa shape index (κ1) is 21.4. The largest absolute Gasteiger partial charge is 0.531 e. The van der Waals surface area contributed by atoms with E-state index in [4.69, 9.17) is 27.7 Å². The van der Waals surface area contributed by atoms with Crippen LogP contribution in [-0.2, 0) is 19.1 Å². The van der Waals surface area contributed by atoms with Gasteiger partial charge in [0, 0.05) is 10.0 Å². The predicted octanol–water partition coefficient (Wildman–Crippen LogP) is 5.84. The molecular formula is C17H16Cl2N2O4PS2+. The van der Waals surface area contributed by atoms with Crippen LogP contribution in [0.2, 0.25) is 10.0 Å². The number of hydrogen-bond donors (Lipinski definition) is 0. The smallest absolute Gasteiger partial charge is 0.241 e. The molecule has 0 amide bonds. The highest BCUT2D eigenvalue weighted by atomic mass is 35.5. The van der Waals surface area contributed by atoms with Crippen molar-refractivity contribution < 1.29 is 17.5 Å². The number of halogens is 2. The molecule has 0 saturated heterocycles. The molecule has 0 aliphatic heterocycles. The molecule has 0 saturated carbocycles. The predicted molar refractivity (Wildman–Crippen MR) is 115 cm³/mol. The van der Waals surface area contributed by atoms with Crippen molar-refractivity contribution in [2.75, 3.05) is 17.2 Å². The van der Waals surface area contributed by atoms with Crippen LogP contribution in [0.5, 0.6) is 0 Å². The molecule has 1 heterocycles. The number of fused-ring (bicyclic) bond motifs is 1. The Kier molecular flexibility index (Phi) is 6.59. The summed E-state index contributed by atoms with van der Waals surface area (Å²) < 4.78 is 46.0. The molecule has 0 aliphatic rings. The first-order chi connectivity index (χ1) is 13.2. The van der Waals surface area contributed by atoms with Gasteiger partial charge in [0.05, 0.1) is 32.4 Å². The maximum Gasteiger partial charge on any atom is 0.531 e. The lowest BCUT2D eigenvalue weighted by Gasteiger charge is -2.20.